The maximum absolute atomic E-state index is 12.4. The average molecular weight is 374 g/mol. The number of nitrogens with one attached hydrogen (secondary N) is 1. The van der Waals surface area contributed by atoms with Gasteiger partial charge in [0.15, 0.2) is 5.13 Å². The summed E-state index contributed by atoms with van der Waals surface area (Å²) in [6.45, 7) is -1.30. The van der Waals surface area contributed by atoms with E-state index in [2.05, 4.69) is 19.5 Å². The van der Waals surface area contributed by atoms with Crippen molar-refractivity contribution < 1.29 is 21.9 Å². The van der Waals surface area contributed by atoms with Crippen molar-refractivity contribution in [3.05, 3.63) is 30.1 Å². The molecule has 3 aromatic rings. The van der Waals surface area contributed by atoms with E-state index in [0.29, 0.717) is 15.9 Å². The van der Waals surface area contributed by atoms with Gasteiger partial charge in [-0.05, 0) is 25.1 Å². The topological polar surface area (TPSA) is 86.1 Å². The Morgan fingerprint density at radius 3 is 2.75 bits per heavy atom. The summed E-state index contributed by atoms with van der Waals surface area (Å²) in [6.07, 6.45) is 1.25. The van der Waals surface area contributed by atoms with Crippen LogP contribution in [0.1, 0.15) is 5.69 Å². The van der Waals surface area contributed by atoms with Crippen molar-refractivity contribution in [1.29, 1.82) is 0 Å². The first-order valence-electron chi connectivity index (χ1n) is 6.63. The molecule has 11 heteroatoms. The SMILES string of the molecule is Cc1c(S(=O)(=O)Nc2nc3ccc(OC(F)F)cc3s2)cnn1C. The Balaban J connectivity index is 1.91. The van der Waals surface area contributed by atoms with Crippen molar-refractivity contribution in [1.82, 2.24) is 14.8 Å². The lowest BCUT2D eigenvalue weighted by molar-refractivity contribution is -0.0497. The zero-order valence-corrected chi connectivity index (χ0v) is 14.2. The van der Waals surface area contributed by atoms with Crippen LogP contribution in [-0.4, -0.2) is 29.8 Å². The highest BCUT2D eigenvalue weighted by Crippen LogP contribution is 2.31. The Morgan fingerprint density at radius 1 is 1.38 bits per heavy atom. The molecule has 0 radical (unpaired) electrons. The smallest absolute Gasteiger partial charge is 0.387 e. The fraction of sp³-hybridized carbons (Fsp3) is 0.231. The molecule has 0 spiro atoms. The number of aryl methyl sites for hydroxylation is 1. The lowest BCUT2D eigenvalue weighted by Crippen LogP contribution is -2.13. The van der Waals surface area contributed by atoms with E-state index in [1.54, 1.807) is 14.0 Å². The highest BCUT2D eigenvalue weighted by molar-refractivity contribution is 7.93. The van der Waals surface area contributed by atoms with Crippen LogP contribution >= 0.6 is 11.3 Å². The third kappa shape index (κ3) is 3.17. The summed E-state index contributed by atoms with van der Waals surface area (Å²) in [5.74, 6) is -0.0151. The first-order chi connectivity index (χ1) is 11.3. The number of hydrogen-bond acceptors (Lipinski definition) is 6. The molecule has 0 aliphatic carbocycles. The predicted octanol–water partition coefficient (Wildman–Crippen LogP) is 2.74. The van der Waals surface area contributed by atoms with Crippen LogP contribution in [0.15, 0.2) is 29.3 Å². The predicted molar refractivity (Wildman–Crippen MR) is 85.0 cm³/mol. The van der Waals surface area contributed by atoms with Crippen molar-refractivity contribution in [2.75, 3.05) is 4.72 Å². The molecule has 0 amide bonds. The number of alkyl halides is 2. The zero-order chi connectivity index (χ0) is 17.5. The lowest BCUT2D eigenvalue weighted by atomic mass is 10.3. The summed E-state index contributed by atoms with van der Waals surface area (Å²) in [7, 11) is -2.20. The van der Waals surface area contributed by atoms with Crippen molar-refractivity contribution in [2.24, 2.45) is 7.05 Å². The molecule has 2 heterocycles. The second kappa shape index (κ2) is 5.98. The number of aromatic nitrogens is 3. The van der Waals surface area contributed by atoms with Crippen LogP contribution in [0.25, 0.3) is 10.2 Å². The summed E-state index contributed by atoms with van der Waals surface area (Å²) < 4.78 is 57.9. The number of rotatable bonds is 5. The van der Waals surface area contributed by atoms with Gasteiger partial charge in [-0.1, -0.05) is 11.3 Å². The molecule has 0 aliphatic heterocycles. The fourth-order valence-electron chi connectivity index (χ4n) is 2.04. The van der Waals surface area contributed by atoms with Gasteiger partial charge < -0.3 is 4.74 Å². The number of fused-ring (bicyclic) bond motifs is 1. The lowest BCUT2D eigenvalue weighted by Gasteiger charge is -2.03. The molecule has 0 aliphatic rings. The molecular formula is C13H12F2N4O3S2. The third-order valence-corrected chi connectivity index (χ3v) is 5.79. The molecule has 1 N–H and O–H groups in total. The molecule has 0 atom stereocenters. The first-order valence-corrected chi connectivity index (χ1v) is 8.93. The Kier molecular flexibility index (Phi) is 4.13. The van der Waals surface area contributed by atoms with Crippen molar-refractivity contribution >= 4 is 36.7 Å². The first kappa shape index (κ1) is 16.6. The molecule has 2 aromatic heterocycles. The molecule has 0 saturated carbocycles. The molecule has 0 saturated heterocycles. The fourth-order valence-corrected chi connectivity index (χ4v) is 4.37. The number of nitrogens with zero attached hydrogens (tertiary/aromatic N) is 3. The summed E-state index contributed by atoms with van der Waals surface area (Å²) >= 11 is 1.02. The van der Waals surface area contributed by atoms with Crippen LogP contribution in [0, 0.1) is 6.92 Å². The van der Waals surface area contributed by atoms with E-state index < -0.39 is 16.6 Å². The minimum absolute atomic E-state index is 0.0151. The van der Waals surface area contributed by atoms with Gasteiger partial charge in [-0.3, -0.25) is 9.40 Å². The second-order valence-corrected chi connectivity index (χ2v) is 7.53. The van der Waals surface area contributed by atoms with E-state index >= 15 is 0 Å². The molecule has 1 aromatic carbocycles. The molecule has 0 fully saturated rings. The van der Waals surface area contributed by atoms with Crippen LogP contribution in [-0.2, 0) is 17.1 Å². The van der Waals surface area contributed by atoms with E-state index in [4.69, 9.17) is 0 Å². The normalized spacial score (nSPS) is 12.0. The summed E-state index contributed by atoms with van der Waals surface area (Å²) in [6, 6.07) is 4.21. The number of hydrogen-bond donors (Lipinski definition) is 1. The van der Waals surface area contributed by atoms with E-state index in [-0.39, 0.29) is 15.8 Å². The zero-order valence-electron chi connectivity index (χ0n) is 12.5. The maximum Gasteiger partial charge on any atom is 0.387 e. The monoisotopic (exact) mass is 374 g/mol. The molecule has 7 nitrogen and oxygen atoms in total. The minimum atomic E-state index is -3.84. The van der Waals surface area contributed by atoms with Crippen LogP contribution in [0.3, 0.4) is 0 Å². The number of anilines is 1. The highest BCUT2D eigenvalue weighted by Gasteiger charge is 2.21. The van der Waals surface area contributed by atoms with Gasteiger partial charge in [-0.2, -0.15) is 13.9 Å². The number of halogens is 2. The van der Waals surface area contributed by atoms with E-state index in [9.17, 15) is 17.2 Å². The Labute approximate surface area is 139 Å². The van der Waals surface area contributed by atoms with E-state index in [1.807, 2.05) is 0 Å². The minimum Gasteiger partial charge on any atom is -0.435 e. The highest BCUT2D eigenvalue weighted by atomic mass is 32.2. The molecule has 24 heavy (non-hydrogen) atoms. The number of ether oxygens (including phenoxy) is 1. The Hall–Kier alpha value is -2.27. The third-order valence-electron chi connectivity index (χ3n) is 3.29. The van der Waals surface area contributed by atoms with Gasteiger partial charge in [-0.25, -0.2) is 13.4 Å². The quantitative estimate of drug-likeness (QED) is 0.742. The van der Waals surface area contributed by atoms with Crippen LogP contribution in [0.4, 0.5) is 13.9 Å². The van der Waals surface area contributed by atoms with Gasteiger partial charge in [0.1, 0.15) is 10.6 Å². The van der Waals surface area contributed by atoms with Gasteiger partial charge in [-0.15, -0.1) is 0 Å². The summed E-state index contributed by atoms with van der Waals surface area (Å²) in [5, 5.41) is 4.03. The van der Waals surface area contributed by atoms with Gasteiger partial charge in [0.05, 0.1) is 22.1 Å². The average Bonchev–Trinajstić information content (AvgIpc) is 3.01. The largest absolute Gasteiger partial charge is 0.435 e. The summed E-state index contributed by atoms with van der Waals surface area (Å²) in [4.78, 5) is 4.19. The van der Waals surface area contributed by atoms with Crippen LogP contribution < -0.4 is 9.46 Å². The van der Waals surface area contributed by atoms with Crippen molar-refractivity contribution in [3.8, 4) is 5.75 Å². The molecular weight excluding hydrogens is 362 g/mol. The molecule has 128 valence electrons. The standard InChI is InChI=1S/C13H12F2N4O3S2/c1-7-11(6-16-19(7)2)24(20,21)18-13-17-9-4-3-8(22-12(14)15)5-10(9)23-13/h3-6,12H,1-2H3,(H,17,18). The van der Waals surface area contributed by atoms with Crippen molar-refractivity contribution in [3.63, 3.8) is 0 Å². The van der Waals surface area contributed by atoms with Gasteiger partial charge in [0.2, 0.25) is 0 Å². The second-order valence-electron chi connectivity index (χ2n) is 4.85. The van der Waals surface area contributed by atoms with Gasteiger partial charge in [0.25, 0.3) is 10.0 Å². The molecule has 0 unspecified atom stereocenters. The molecule has 0 bridgehead atoms. The van der Waals surface area contributed by atoms with E-state index in [0.717, 1.165) is 11.3 Å². The number of benzene rings is 1. The van der Waals surface area contributed by atoms with E-state index in [1.165, 1.54) is 29.1 Å². The van der Waals surface area contributed by atoms with Crippen LogP contribution in [0.5, 0.6) is 5.75 Å². The van der Waals surface area contributed by atoms with Crippen molar-refractivity contribution in [2.45, 2.75) is 18.4 Å². The van der Waals surface area contributed by atoms with Gasteiger partial charge in [0, 0.05) is 7.05 Å². The maximum atomic E-state index is 12.4. The summed E-state index contributed by atoms with van der Waals surface area (Å²) in [5.41, 5.74) is 0.957. The molecule has 3 rings (SSSR count). The van der Waals surface area contributed by atoms with Gasteiger partial charge >= 0.3 is 6.61 Å². The Bertz CT molecular complexity index is 998. The van der Waals surface area contributed by atoms with Crippen LogP contribution in [0.2, 0.25) is 0 Å². The number of sulfonamides is 1. The number of thiazole rings is 1. The Morgan fingerprint density at radius 2 is 2.12 bits per heavy atom.